The van der Waals surface area contributed by atoms with Gasteiger partial charge in [0.05, 0.1) is 29.3 Å². The average Bonchev–Trinajstić information content (AvgIpc) is 3.12. The number of rotatable bonds is 26. The summed E-state index contributed by atoms with van der Waals surface area (Å²) in [6.45, 7) is 14.5. The van der Waals surface area contributed by atoms with Crippen LogP contribution in [0.3, 0.4) is 0 Å². The average molecular weight is 805 g/mol. The Labute approximate surface area is 320 Å². The van der Waals surface area contributed by atoms with Crippen molar-refractivity contribution in [1.82, 2.24) is 0 Å². The summed E-state index contributed by atoms with van der Waals surface area (Å²) in [6.07, 6.45) is 7.08. The highest BCUT2D eigenvalue weighted by Crippen LogP contribution is 2.47. The van der Waals surface area contributed by atoms with Gasteiger partial charge in [0.1, 0.15) is 42.0 Å². The summed E-state index contributed by atoms with van der Waals surface area (Å²) in [6, 6.07) is 10.3. The summed E-state index contributed by atoms with van der Waals surface area (Å²) in [4.78, 5) is 0. The molecule has 0 radical (unpaired) electrons. The van der Waals surface area contributed by atoms with E-state index < -0.39 is 12.2 Å². The smallest absolute Gasteiger partial charge is 0.140 e. The maximum Gasteiger partial charge on any atom is 0.140 e. The van der Waals surface area contributed by atoms with E-state index in [9.17, 15) is 0 Å². The van der Waals surface area contributed by atoms with Gasteiger partial charge in [-0.15, -0.1) is 11.6 Å². The highest BCUT2D eigenvalue weighted by atomic mass is 79.9. The molecule has 0 bridgehead atoms. The molecule has 7 nitrogen and oxygen atoms in total. The van der Waals surface area contributed by atoms with E-state index in [1.165, 1.54) is 0 Å². The molecular formula is C40H61BrCl2O7. The molecule has 1 fully saturated rings. The van der Waals surface area contributed by atoms with Crippen LogP contribution in [-0.4, -0.2) is 76.5 Å². The van der Waals surface area contributed by atoms with Crippen LogP contribution in [0.15, 0.2) is 34.8 Å². The van der Waals surface area contributed by atoms with E-state index in [2.05, 4.69) is 61.8 Å². The van der Waals surface area contributed by atoms with Crippen molar-refractivity contribution >= 4 is 39.1 Å². The standard InChI is InChI=1S/C40H61BrCl2O7/c1-6-11-21-44-28-33-38(47-22-12-7-2)40(49-24-14-9-4)39(48-23-13-8-3)37(50-33)32-27-30(26-29-16-18-31(19-17-29)45-10-5)35(43)34(41)36(32)46-25-15-20-42/h16-19,27,33,37-40H,6-15,20-26,28H2,1-5H3/t33-,37+,38-,39+,40+/m1/s1. The molecule has 1 aliphatic heterocycles. The molecule has 2 aromatic carbocycles. The Morgan fingerprint density at radius 2 is 1.32 bits per heavy atom. The molecule has 10 heteroatoms. The van der Waals surface area contributed by atoms with Crippen LogP contribution in [-0.2, 0) is 30.1 Å². The second-order valence-corrected chi connectivity index (χ2v) is 14.4. The quantitative estimate of drug-likeness (QED) is 0.0693. The van der Waals surface area contributed by atoms with Crippen LogP contribution in [0.5, 0.6) is 11.5 Å². The molecule has 1 heterocycles. The summed E-state index contributed by atoms with van der Waals surface area (Å²) in [5, 5.41) is 0.596. The predicted octanol–water partition coefficient (Wildman–Crippen LogP) is 10.9. The topological polar surface area (TPSA) is 64.6 Å². The van der Waals surface area contributed by atoms with Crippen LogP contribution in [0, 0.1) is 0 Å². The number of benzene rings is 2. The largest absolute Gasteiger partial charge is 0.494 e. The van der Waals surface area contributed by atoms with Crippen LogP contribution in [0.25, 0.3) is 0 Å². The van der Waals surface area contributed by atoms with E-state index in [0.29, 0.717) is 80.2 Å². The lowest BCUT2D eigenvalue weighted by molar-refractivity contribution is -0.268. The Bertz CT molecular complexity index is 1200. The normalized spacial score (nSPS) is 20.7. The number of hydrogen-bond acceptors (Lipinski definition) is 7. The minimum Gasteiger partial charge on any atom is -0.494 e. The summed E-state index contributed by atoms with van der Waals surface area (Å²) < 4.78 is 46.4. The van der Waals surface area contributed by atoms with Crippen LogP contribution in [0.1, 0.15) is 115 Å². The van der Waals surface area contributed by atoms with Gasteiger partial charge < -0.3 is 33.2 Å². The Hall–Kier alpha value is -1.10. The Morgan fingerprint density at radius 1 is 0.720 bits per heavy atom. The molecule has 0 aromatic heterocycles. The van der Waals surface area contributed by atoms with Gasteiger partial charge in [-0.25, -0.2) is 0 Å². The van der Waals surface area contributed by atoms with Gasteiger partial charge in [0.15, 0.2) is 0 Å². The lowest BCUT2D eigenvalue weighted by Crippen LogP contribution is -2.58. The van der Waals surface area contributed by atoms with Crippen molar-refractivity contribution in [3.63, 3.8) is 0 Å². The van der Waals surface area contributed by atoms with Crippen molar-refractivity contribution < 1.29 is 33.2 Å². The fourth-order valence-corrected chi connectivity index (χ4v) is 6.81. The minimum atomic E-state index is -0.539. The molecular weight excluding hydrogens is 743 g/mol. The number of hydrogen-bond donors (Lipinski definition) is 0. The van der Waals surface area contributed by atoms with Crippen LogP contribution >= 0.6 is 39.1 Å². The lowest BCUT2D eigenvalue weighted by atomic mass is 9.88. The van der Waals surface area contributed by atoms with Crippen LogP contribution < -0.4 is 9.47 Å². The van der Waals surface area contributed by atoms with Crippen molar-refractivity contribution in [2.45, 2.75) is 129 Å². The van der Waals surface area contributed by atoms with E-state index in [-0.39, 0.29) is 18.3 Å². The lowest BCUT2D eigenvalue weighted by Gasteiger charge is -2.47. The van der Waals surface area contributed by atoms with Crippen molar-refractivity contribution in [2.24, 2.45) is 0 Å². The first-order valence-corrected chi connectivity index (χ1v) is 20.6. The van der Waals surface area contributed by atoms with Crippen LogP contribution in [0.4, 0.5) is 0 Å². The van der Waals surface area contributed by atoms with Crippen molar-refractivity contribution in [3.8, 4) is 11.5 Å². The van der Waals surface area contributed by atoms with Gasteiger partial charge in [0.25, 0.3) is 0 Å². The molecule has 0 unspecified atom stereocenters. The van der Waals surface area contributed by atoms with Crippen molar-refractivity contribution in [2.75, 3.05) is 52.1 Å². The third-order valence-electron chi connectivity index (χ3n) is 8.71. The van der Waals surface area contributed by atoms with E-state index in [4.69, 9.17) is 56.4 Å². The molecule has 1 aliphatic rings. The Kier molecular flexibility index (Phi) is 21.7. The number of alkyl halides is 1. The van der Waals surface area contributed by atoms with Gasteiger partial charge in [-0.05, 0) is 90.7 Å². The Balaban J connectivity index is 2.16. The minimum absolute atomic E-state index is 0.359. The van der Waals surface area contributed by atoms with Crippen molar-refractivity contribution in [3.05, 3.63) is 56.5 Å². The first kappa shape index (κ1) is 43.3. The fraction of sp³-hybridized carbons (Fsp3) is 0.700. The maximum absolute atomic E-state index is 7.12. The monoisotopic (exact) mass is 802 g/mol. The first-order chi connectivity index (χ1) is 24.4. The van der Waals surface area contributed by atoms with Gasteiger partial charge in [-0.2, -0.15) is 0 Å². The van der Waals surface area contributed by atoms with E-state index in [0.717, 1.165) is 73.8 Å². The molecule has 1 saturated heterocycles. The summed E-state index contributed by atoms with van der Waals surface area (Å²) in [5.41, 5.74) is 2.91. The van der Waals surface area contributed by atoms with Gasteiger partial charge in [0.2, 0.25) is 0 Å². The molecule has 2 aromatic rings. The number of unbranched alkanes of at least 4 members (excludes halogenated alkanes) is 4. The molecule has 0 aliphatic carbocycles. The Morgan fingerprint density at radius 3 is 1.92 bits per heavy atom. The maximum atomic E-state index is 7.12. The molecule has 0 spiro atoms. The van der Waals surface area contributed by atoms with Gasteiger partial charge in [0, 0.05) is 37.9 Å². The van der Waals surface area contributed by atoms with Crippen LogP contribution in [0.2, 0.25) is 5.02 Å². The third-order valence-corrected chi connectivity index (χ3v) is 10.4. The molecule has 0 N–H and O–H groups in total. The summed E-state index contributed by atoms with van der Waals surface area (Å²) in [5.74, 6) is 1.96. The van der Waals surface area contributed by atoms with Crippen molar-refractivity contribution in [1.29, 1.82) is 0 Å². The summed E-state index contributed by atoms with van der Waals surface area (Å²) in [7, 11) is 0. The molecule has 0 saturated carbocycles. The second kappa shape index (κ2) is 25.0. The highest BCUT2D eigenvalue weighted by molar-refractivity contribution is 9.10. The number of halogens is 3. The van der Waals surface area contributed by atoms with Gasteiger partial charge >= 0.3 is 0 Å². The first-order valence-electron chi connectivity index (χ1n) is 18.9. The zero-order chi connectivity index (χ0) is 36.1. The highest BCUT2D eigenvalue weighted by Gasteiger charge is 2.49. The van der Waals surface area contributed by atoms with E-state index in [1.807, 2.05) is 19.1 Å². The SMILES string of the molecule is CCCCOC[C@H]1O[C@@H](c2cc(Cc3ccc(OCC)cc3)c(Cl)c(Br)c2OCCCCl)[C@H](OCCCC)[C@@H](OCCCC)[C@@H]1OCCCC. The van der Waals surface area contributed by atoms with E-state index in [1.54, 1.807) is 0 Å². The second-order valence-electron chi connectivity index (χ2n) is 12.8. The van der Waals surface area contributed by atoms with E-state index >= 15 is 0 Å². The predicted molar refractivity (Wildman–Crippen MR) is 208 cm³/mol. The molecule has 3 rings (SSSR count). The summed E-state index contributed by atoms with van der Waals surface area (Å²) >= 11 is 17.0. The molecule has 0 amide bonds. The zero-order valence-corrected chi connectivity index (χ0v) is 34.1. The van der Waals surface area contributed by atoms with Gasteiger partial charge in [-0.3, -0.25) is 0 Å². The fourth-order valence-electron chi connectivity index (χ4n) is 5.90. The molecule has 5 atom stereocenters. The zero-order valence-electron chi connectivity index (χ0n) is 31.0. The third kappa shape index (κ3) is 13.4. The molecule has 50 heavy (non-hydrogen) atoms. The molecule has 284 valence electrons. The van der Waals surface area contributed by atoms with Gasteiger partial charge in [-0.1, -0.05) is 77.1 Å². The number of ether oxygens (including phenoxy) is 7.